The van der Waals surface area contributed by atoms with Gasteiger partial charge in [0.05, 0.1) is 0 Å². The van der Waals surface area contributed by atoms with Crippen LogP contribution in [-0.4, -0.2) is 35.8 Å². The molecule has 0 radical (unpaired) electrons. The minimum Gasteiger partial charge on any atom is -0.341 e. The summed E-state index contributed by atoms with van der Waals surface area (Å²) >= 11 is 0. The SMILES string of the molecule is O=C(N[C@H](C(=O)N1CCCCC1)C12CC3CC(CC(C3)C1)C2)c1ccc(F)cc1. The summed E-state index contributed by atoms with van der Waals surface area (Å²) in [5.74, 6) is 1.63. The molecule has 1 N–H and O–H groups in total. The van der Waals surface area contributed by atoms with Crippen LogP contribution in [0.3, 0.4) is 0 Å². The molecule has 4 nitrogen and oxygen atoms in total. The van der Waals surface area contributed by atoms with Crippen molar-refractivity contribution in [1.29, 1.82) is 0 Å². The lowest BCUT2D eigenvalue weighted by Crippen LogP contribution is -2.62. The second-order valence-electron chi connectivity index (χ2n) is 10.1. The number of halogens is 1. The van der Waals surface area contributed by atoms with Gasteiger partial charge in [0.15, 0.2) is 0 Å². The van der Waals surface area contributed by atoms with Crippen molar-refractivity contribution in [2.75, 3.05) is 13.1 Å². The Morgan fingerprint density at radius 2 is 1.48 bits per heavy atom. The first-order valence-corrected chi connectivity index (χ1v) is 11.4. The monoisotopic (exact) mass is 398 g/mol. The molecule has 1 aromatic rings. The van der Waals surface area contributed by atoms with E-state index < -0.39 is 6.04 Å². The summed E-state index contributed by atoms with van der Waals surface area (Å²) < 4.78 is 13.3. The van der Waals surface area contributed by atoms with Crippen LogP contribution in [0.5, 0.6) is 0 Å². The van der Waals surface area contributed by atoms with Crippen molar-refractivity contribution in [2.24, 2.45) is 23.2 Å². The lowest BCUT2D eigenvalue weighted by Gasteiger charge is -2.59. The van der Waals surface area contributed by atoms with E-state index in [0.717, 1.165) is 45.2 Å². The molecule has 6 rings (SSSR count). The van der Waals surface area contributed by atoms with Crippen molar-refractivity contribution < 1.29 is 14.0 Å². The predicted octanol–water partition coefficient (Wildman–Crippen LogP) is 4.15. The summed E-state index contributed by atoms with van der Waals surface area (Å²) in [6.07, 6.45) is 10.4. The Kier molecular flexibility index (Phi) is 4.87. The van der Waals surface area contributed by atoms with Crippen molar-refractivity contribution in [3.63, 3.8) is 0 Å². The quantitative estimate of drug-likeness (QED) is 0.828. The maximum Gasteiger partial charge on any atom is 0.251 e. The molecule has 5 heteroatoms. The van der Waals surface area contributed by atoms with Crippen LogP contribution in [-0.2, 0) is 4.79 Å². The number of rotatable bonds is 4. The molecule has 4 aliphatic carbocycles. The summed E-state index contributed by atoms with van der Waals surface area (Å²) in [5, 5.41) is 3.15. The number of piperidine rings is 1. The Bertz CT molecular complexity index is 749. The Morgan fingerprint density at radius 3 is 2.03 bits per heavy atom. The normalized spacial score (nSPS) is 34.1. The summed E-state index contributed by atoms with van der Waals surface area (Å²) in [4.78, 5) is 28.7. The Balaban J connectivity index is 1.43. The van der Waals surface area contributed by atoms with Gasteiger partial charge in [0, 0.05) is 24.1 Å². The van der Waals surface area contributed by atoms with Crippen LogP contribution in [0.25, 0.3) is 0 Å². The van der Waals surface area contributed by atoms with Crippen molar-refractivity contribution in [3.05, 3.63) is 35.6 Å². The predicted molar refractivity (Wildman–Crippen MR) is 109 cm³/mol. The molecule has 5 fully saturated rings. The van der Waals surface area contributed by atoms with E-state index in [1.807, 2.05) is 4.90 Å². The Morgan fingerprint density at radius 1 is 0.931 bits per heavy atom. The van der Waals surface area contributed by atoms with E-state index in [1.165, 1.54) is 49.9 Å². The number of nitrogens with zero attached hydrogens (tertiary/aromatic N) is 1. The third kappa shape index (κ3) is 3.57. The van der Waals surface area contributed by atoms with Gasteiger partial charge in [0.1, 0.15) is 11.9 Å². The average Bonchev–Trinajstić information content (AvgIpc) is 2.71. The molecule has 1 aromatic carbocycles. The van der Waals surface area contributed by atoms with Gasteiger partial charge in [-0.2, -0.15) is 0 Å². The third-order valence-electron chi connectivity index (χ3n) is 7.99. The number of amides is 2. The molecular formula is C24H31FN2O2. The van der Waals surface area contributed by atoms with Crippen LogP contribution < -0.4 is 5.32 Å². The summed E-state index contributed by atoms with van der Waals surface area (Å²) in [7, 11) is 0. The molecule has 0 aromatic heterocycles. The van der Waals surface area contributed by atoms with Gasteiger partial charge in [0.2, 0.25) is 5.91 Å². The smallest absolute Gasteiger partial charge is 0.251 e. The Labute approximate surface area is 172 Å². The van der Waals surface area contributed by atoms with E-state index in [-0.39, 0.29) is 23.0 Å². The molecule has 0 spiro atoms. The van der Waals surface area contributed by atoms with Crippen LogP contribution in [0.2, 0.25) is 0 Å². The zero-order valence-corrected chi connectivity index (χ0v) is 17.0. The molecule has 4 saturated carbocycles. The lowest BCUT2D eigenvalue weighted by atomic mass is 9.47. The molecule has 1 atom stereocenters. The molecule has 1 heterocycles. The van der Waals surface area contributed by atoms with Gasteiger partial charge in [-0.1, -0.05) is 0 Å². The second-order valence-corrected chi connectivity index (χ2v) is 10.1. The molecule has 156 valence electrons. The van der Waals surface area contributed by atoms with Crippen LogP contribution in [0.4, 0.5) is 4.39 Å². The zero-order valence-electron chi connectivity index (χ0n) is 17.0. The van der Waals surface area contributed by atoms with Crippen molar-refractivity contribution >= 4 is 11.8 Å². The third-order valence-corrected chi connectivity index (χ3v) is 7.99. The molecule has 4 bridgehead atoms. The summed E-state index contributed by atoms with van der Waals surface area (Å²) in [5.41, 5.74) is 0.325. The number of hydrogen-bond donors (Lipinski definition) is 1. The van der Waals surface area contributed by atoms with Crippen molar-refractivity contribution in [3.8, 4) is 0 Å². The van der Waals surface area contributed by atoms with Crippen LogP contribution in [0.15, 0.2) is 24.3 Å². The number of hydrogen-bond acceptors (Lipinski definition) is 2. The maximum atomic E-state index is 13.7. The Hall–Kier alpha value is -1.91. The second kappa shape index (κ2) is 7.41. The van der Waals surface area contributed by atoms with E-state index in [9.17, 15) is 14.0 Å². The van der Waals surface area contributed by atoms with E-state index >= 15 is 0 Å². The van der Waals surface area contributed by atoms with Crippen molar-refractivity contribution in [1.82, 2.24) is 10.2 Å². The summed E-state index contributed by atoms with van der Waals surface area (Å²) in [6.45, 7) is 1.60. The highest BCUT2D eigenvalue weighted by molar-refractivity contribution is 5.97. The van der Waals surface area contributed by atoms with Gasteiger partial charge >= 0.3 is 0 Å². The van der Waals surface area contributed by atoms with E-state index in [1.54, 1.807) is 0 Å². The number of carbonyl (C=O) groups excluding carboxylic acids is 2. The van der Waals surface area contributed by atoms with Gasteiger partial charge in [-0.15, -0.1) is 0 Å². The lowest BCUT2D eigenvalue weighted by molar-refractivity contribution is -0.145. The minimum absolute atomic E-state index is 0.0982. The molecule has 2 amide bonds. The fourth-order valence-corrected chi connectivity index (χ4v) is 7.12. The molecule has 1 aliphatic heterocycles. The molecule has 29 heavy (non-hydrogen) atoms. The fraction of sp³-hybridized carbons (Fsp3) is 0.667. The highest BCUT2D eigenvalue weighted by Gasteiger charge is 2.56. The fourth-order valence-electron chi connectivity index (χ4n) is 7.12. The van der Waals surface area contributed by atoms with Gasteiger partial charge < -0.3 is 10.2 Å². The van der Waals surface area contributed by atoms with Crippen LogP contribution in [0.1, 0.15) is 68.1 Å². The first kappa shape index (κ1) is 19.1. The number of carbonyl (C=O) groups is 2. The number of benzene rings is 1. The maximum absolute atomic E-state index is 13.7. The van der Waals surface area contributed by atoms with E-state index in [2.05, 4.69) is 5.32 Å². The average molecular weight is 399 g/mol. The standard InChI is InChI=1S/C24H31FN2O2/c25-20-6-4-19(5-7-20)22(28)26-21(23(29)27-8-2-1-3-9-27)24-13-16-10-17(14-24)12-18(11-16)15-24/h4-7,16-18,21H,1-3,8-15H2,(H,26,28)/t16?,17?,18?,21-,24?/m1/s1. The zero-order chi connectivity index (χ0) is 20.0. The largest absolute Gasteiger partial charge is 0.341 e. The van der Waals surface area contributed by atoms with Crippen LogP contribution in [0, 0.1) is 29.0 Å². The van der Waals surface area contributed by atoms with Gasteiger partial charge in [0.25, 0.3) is 5.91 Å². The summed E-state index contributed by atoms with van der Waals surface area (Å²) in [6, 6.07) is 5.17. The first-order chi connectivity index (χ1) is 14.0. The van der Waals surface area contributed by atoms with Gasteiger partial charge in [-0.05, 0) is 99.8 Å². The highest BCUT2D eigenvalue weighted by atomic mass is 19.1. The van der Waals surface area contributed by atoms with Crippen LogP contribution >= 0.6 is 0 Å². The topological polar surface area (TPSA) is 49.4 Å². The highest BCUT2D eigenvalue weighted by Crippen LogP contribution is 2.61. The van der Waals surface area contributed by atoms with Gasteiger partial charge in [-0.3, -0.25) is 9.59 Å². The van der Waals surface area contributed by atoms with Crippen molar-refractivity contribution in [2.45, 2.75) is 63.8 Å². The first-order valence-electron chi connectivity index (χ1n) is 11.4. The molecule has 5 aliphatic rings. The molecule has 1 saturated heterocycles. The van der Waals surface area contributed by atoms with Gasteiger partial charge in [-0.25, -0.2) is 4.39 Å². The minimum atomic E-state index is -0.452. The number of likely N-dealkylation sites (tertiary alicyclic amines) is 1. The molecule has 0 unspecified atom stereocenters. The van der Waals surface area contributed by atoms with E-state index in [4.69, 9.17) is 0 Å². The molecular weight excluding hydrogens is 367 g/mol. The number of nitrogens with one attached hydrogen (secondary N) is 1. The van der Waals surface area contributed by atoms with E-state index in [0.29, 0.717) is 23.3 Å².